The van der Waals surface area contributed by atoms with Crippen LogP contribution < -0.4 is 15.5 Å². The first-order chi connectivity index (χ1) is 16.2. The van der Waals surface area contributed by atoms with Crippen LogP contribution in [0.2, 0.25) is 0 Å². The zero-order valence-corrected chi connectivity index (χ0v) is 19.9. The van der Waals surface area contributed by atoms with E-state index in [1.165, 1.54) is 0 Å². The SMILES string of the molecule is CNC(=O)c1nc(-c2cc3cn(C)nc3c(C)c2O)nc2ccc(N3C[C@@H](C)N[C@@H](C)C3)nc12. The lowest BCUT2D eigenvalue weighted by Crippen LogP contribution is -2.54. The minimum Gasteiger partial charge on any atom is -0.507 e. The Kier molecular flexibility index (Phi) is 5.32. The van der Waals surface area contributed by atoms with Gasteiger partial charge in [0.2, 0.25) is 0 Å². The van der Waals surface area contributed by atoms with Crippen LogP contribution in [0.25, 0.3) is 33.3 Å². The molecule has 4 heterocycles. The lowest BCUT2D eigenvalue weighted by molar-refractivity contribution is 0.0959. The molecule has 1 amide bonds. The van der Waals surface area contributed by atoms with E-state index >= 15 is 0 Å². The Labute approximate surface area is 197 Å². The highest BCUT2D eigenvalue weighted by molar-refractivity contribution is 6.04. The summed E-state index contributed by atoms with van der Waals surface area (Å²) in [4.78, 5) is 29.1. The molecule has 1 saturated heterocycles. The summed E-state index contributed by atoms with van der Waals surface area (Å²) in [5.41, 5.74) is 2.92. The zero-order chi connectivity index (χ0) is 24.1. The number of carbonyl (C=O) groups is 1. The predicted molar refractivity (Wildman–Crippen MR) is 131 cm³/mol. The van der Waals surface area contributed by atoms with Crippen molar-refractivity contribution in [1.82, 2.24) is 35.4 Å². The number of nitrogens with one attached hydrogen (secondary N) is 2. The molecule has 3 aromatic heterocycles. The third kappa shape index (κ3) is 3.69. The number of anilines is 1. The van der Waals surface area contributed by atoms with Gasteiger partial charge >= 0.3 is 0 Å². The van der Waals surface area contributed by atoms with Crippen molar-refractivity contribution in [2.45, 2.75) is 32.9 Å². The molecule has 0 saturated carbocycles. The minimum absolute atomic E-state index is 0.0433. The van der Waals surface area contributed by atoms with Crippen LogP contribution in [0.5, 0.6) is 5.75 Å². The molecule has 1 fully saturated rings. The highest BCUT2D eigenvalue weighted by atomic mass is 16.3. The minimum atomic E-state index is -0.362. The first-order valence-corrected chi connectivity index (χ1v) is 11.3. The van der Waals surface area contributed by atoms with E-state index in [9.17, 15) is 9.90 Å². The second-order valence-corrected chi connectivity index (χ2v) is 9.02. The van der Waals surface area contributed by atoms with Gasteiger partial charge in [-0.2, -0.15) is 5.10 Å². The molecule has 0 spiro atoms. The maximum absolute atomic E-state index is 12.8. The van der Waals surface area contributed by atoms with E-state index in [1.54, 1.807) is 24.7 Å². The molecule has 4 aromatic rings. The number of benzene rings is 1. The molecule has 1 aliphatic heterocycles. The van der Waals surface area contributed by atoms with Crippen LogP contribution >= 0.6 is 0 Å². The van der Waals surface area contributed by atoms with Crippen LogP contribution in [0, 0.1) is 6.92 Å². The van der Waals surface area contributed by atoms with E-state index in [1.807, 2.05) is 25.4 Å². The number of hydrogen-bond donors (Lipinski definition) is 3. The summed E-state index contributed by atoms with van der Waals surface area (Å²) < 4.78 is 1.70. The number of piperazine rings is 1. The van der Waals surface area contributed by atoms with Crippen molar-refractivity contribution in [2.24, 2.45) is 7.05 Å². The number of rotatable bonds is 3. The molecular formula is C24H28N8O2. The summed E-state index contributed by atoms with van der Waals surface area (Å²) in [5.74, 6) is 0.724. The summed E-state index contributed by atoms with van der Waals surface area (Å²) in [5, 5.41) is 22.4. The Morgan fingerprint density at radius 3 is 2.59 bits per heavy atom. The molecular weight excluding hydrogens is 432 g/mol. The normalized spacial score (nSPS) is 18.6. The van der Waals surface area contributed by atoms with E-state index in [0.29, 0.717) is 39.8 Å². The molecule has 34 heavy (non-hydrogen) atoms. The van der Waals surface area contributed by atoms with Gasteiger partial charge in [0.15, 0.2) is 11.5 Å². The Bertz CT molecular complexity index is 1420. The number of hydrogen-bond acceptors (Lipinski definition) is 8. The molecule has 0 bridgehead atoms. The van der Waals surface area contributed by atoms with Crippen molar-refractivity contribution in [3.63, 3.8) is 0 Å². The molecule has 0 unspecified atom stereocenters. The van der Waals surface area contributed by atoms with Gasteiger partial charge in [0.25, 0.3) is 5.91 Å². The summed E-state index contributed by atoms with van der Waals surface area (Å²) in [6.45, 7) is 7.72. The Morgan fingerprint density at radius 2 is 1.88 bits per heavy atom. The number of amides is 1. The molecule has 3 N–H and O–H groups in total. The van der Waals surface area contributed by atoms with E-state index in [2.05, 4.69) is 44.4 Å². The van der Waals surface area contributed by atoms with Gasteiger partial charge in [-0.3, -0.25) is 9.48 Å². The van der Waals surface area contributed by atoms with Crippen molar-refractivity contribution in [2.75, 3.05) is 25.0 Å². The Hall–Kier alpha value is -3.79. The van der Waals surface area contributed by atoms with Crippen LogP contribution in [0.4, 0.5) is 5.82 Å². The third-order valence-electron chi connectivity index (χ3n) is 6.21. The molecule has 5 rings (SSSR count). The molecule has 1 aromatic carbocycles. The summed E-state index contributed by atoms with van der Waals surface area (Å²) in [6, 6.07) is 6.23. The number of aryl methyl sites for hydroxylation is 2. The van der Waals surface area contributed by atoms with Crippen LogP contribution in [0.15, 0.2) is 24.4 Å². The van der Waals surface area contributed by atoms with E-state index in [0.717, 1.165) is 24.3 Å². The zero-order valence-electron chi connectivity index (χ0n) is 19.9. The fourth-order valence-electron chi connectivity index (χ4n) is 4.70. The number of nitrogens with zero attached hydrogens (tertiary/aromatic N) is 6. The molecule has 10 heteroatoms. The second kappa shape index (κ2) is 8.21. The Morgan fingerprint density at radius 1 is 1.15 bits per heavy atom. The maximum atomic E-state index is 12.8. The van der Waals surface area contributed by atoms with Gasteiger partial charge in [0.05, 0.1) is 16.6 Å². The van der Waals surface area contributed by atoms with Crippen LogP contribution in [-0.2, 0) is 7.05 Å². The van der Waals surface area contributed by atoms with Crippen molar-refractivity contribution in [3.8, 4) is 17.1 Å². The largest absolute Gasteiger partial charge is 0.507 e. The van der Waals surface area contributed by atoms with E-state index < -0.39 is 0 Å². The van der Waals surface area contributed by atoms with E-state index in [4.69, 9.17) is 4.98 Å². The quantitative estimate of drug-likeness (QED) is 0.425. The summed E-state index contributed by atoms with van der Waals surface area (Å²) in [7, 11) is 3.39. The number of phenolic OH excluding ortho intramolecular Hbond substituents is 1. The number of phenols is 1. The van der Waals surface area contributed by atoms with Gasteiger partial charge < -0.3 is 20.6 Å². The molecule has 1 aliphatic rings. The summed E-state index contributed by atoms with van der Waals surface area (Å²) >= 11 is 0. The van der Waals surface area contributed by atoms with Crippen molar-refractivity contribution in [1.29, 1.82) is 0 Å². The Balaban J connectivity index is 1.68. The lowest BCUT2D eigenvalue weighted by Gasteiger charge is -2.37. The number of aromatic hydroxyl groups is 1. The van der Waals surface area contributed by atoms with E-state index in [-0.39, 0.29) is 23.2 Å². The second-order valence-electron chi connectivity index (χ2n) is 9.02. The average molecular weight is 461 g/mol. The van der Waals surface area contributed by atoms with Gasteiger partial charge in [-0.15, -0.1) is 0 Å². The molecule has 10 nitrogen and oxygen atoms in total. The first kappa shape index (κ1) is 22.0. The van der Waals surface area contributed by atoms with Gasteiger partial charge in [-0.05, 0) is 39.0 Å². The smallest absolute Gasteiger partial charge is 0.272 e. The number of pyridine rings is 1. The van der Waals surface area contributed by atoms with Crippen molar-refractivity contribution >= 4 is 33.7 Å². The van der Waals surface area contributed by atoms with Gasteiger partial charge in [-0.1, -0.05) is 0 Å². The predicted octanol–water partition coefficient (Wildman–Crippen LogP) is 2.14. The molecule has 2 atom stereocenters. The topological polar surface area (TPSA) is 121 Å². The van der Waals surface area contributed by atoms with Crippen molar-refractivity contribution < 1.29 is 9.90 Å². The summed E-state index contributed by atoms with van der Waals surface area (Å²) in [6.07, 6.45) is 1.87. The third-order valence-corrected chi connectivity index (χ3v) is 6.21. The number of aromatic nitrogens is 5. The highest BCUT2D eigenvalue weighted by Crippen LogP contribution is 2.36. The van der Waals surface area contributed by atoms with Gasteiger partial charge in [-0.25, -0.2) is 15.0 Å². The van der Waals surface area contributed by atoms with Crippen LogP contribution in [0.1, 0.15) is 29.9 Å². The maximum Gasteiger partial charge on any atom is 0.272 e. The first-order valence-electron chi connectivity index (χ1n) is 11.3. The fourth-order valence-corrected chi connectivity index (χ4v) is 4.70. The van der Waals surface area contributed by atoms with Crippen LogP contribution in [0.3, 0.4) is 0 Å². The molecule has 0 radical (unpaired) electrons. The number of fused-ring (bicyclic) bond motifs is 2. The lowest BCUT2D eigenvalue weighted by atomic mass is 10.0. The fraction of sp³-hybridized carbons (Fsp3) is 0.375. The van der Waals surface area contributed by atoms with Gasteiger partial charge in [0, 0.05) is 56.4 Å². The van der Waals surface area contributed by atoms with Crippen LogP contribution in [-0.4, -0.2) is 68.0 Å². The monoisotopic (exact) mass is 460 g/mol. The standard InChI is InChI=1S/C24H28N8O2/c1-12-9-32(10-13(2)26-12)18-7-6-17-20(28-18)21(24(34)25-4)29-23(27-17)16-8-15-11-31(5)30-19(15)14(3)22(16)33/h6-8,11-13,26,33H,9-10H2,1-5H3,(H,25,34)/t12-,13+. The van der Waals surface area contributed by atoms with Crippen molar-refractivity contribution in [3.05, 3.63) is 35.7 Å². The highest BCUT2D eigenvalue weighted by Gasteiger charge is 2.24. The van der Waals surface area contributed by atoms with Gasteiger partial charge in [0.1, 0.15) is 17.1 Å². The average Bonchev–Trinajstić information content (AvgIpc) is 3.19. The molecule has 176 valence electrons. The molecule has 0 aliphatic carbocycles. The number of carbonyl (C=O) groups excluding carboxylic acids is 1.